The fourth-order valence-electron chi connectivity index (χ4n) is 2.89. The predicted molar refractivity (Wildman–Crippen MR) is 78.2 cm³/mol. The van der Waals surface area contributed by atoms with Gasteiger partial charge in [-0.3, -0.25) is 4.79 Å². The Bertz CT molecular complexity index is 259. The molecule has 1 N–H and O–H groups in total. The summed E-state index contributed by atoms with van der Waals surface area (Å²) in [6.07, 6.45) is 6.50. The number of carbonyl (C=O) groups is 1. The molecule has 4 nitrogen and oxygen atoms in total. The maximum Gasteiger partial charge on any atom is 0.324 e. The summed E-state index contributed by atoms with van der Waals surface area (Å²) in [6.45, 7) is 7.57. The Morgan fingerprint density at radius 3 is 2.79 bits per heavy atom. The van der Waals surface area contributed by atoms with Crippen molar-refractivity contribution >= 4 is 5.97 Å². The van der Waals surface area contributed by atoms with Gasteiger partial charge in [-0.15, -0.1) is 0 Å². The zero-order chi connectivity index (χ0) is 14.1. The Hall–Kier alpha value is -0.610. The molecule has 1 saturated heterocycles. The van der Waals surface area contributed by atoms with Crippen LogP contribution in [0.25, 0.3) is 0 Å². The summed E-state index contributed by atoms with van der Waals surface area (Å²) >= 11 is 0. The van der Waals surface area contributed by atoms with Crippen molar-refractivity contribution in [1.29, 1.82) is 0 Å². The number of rotatable bonds is 7. The highest BCUT2D eigenvalue weighted by Gasteiger charge is 2.23. The van der Waals surface area contributed by atoms with Gasteiger partial charge in [0.15, 0.2) is 0 Å². The molecule has 0 saturated carbocycles. The minimum atomic E-state index is -0.192. The molecule has 0 amide bonds. The van der Waals surface area contributed by atoms with E-state index in [0.29, 0.717) is 6.61 Å². The number of ether oxygens (including phenoxy) is 1. The first-order valence-electron chi connectivity index (χ1n) is 7.77. The normalized spacial score (nSPS) is 22.8. The Labute approximate surface area is 117 Å². The number of nitrogens with one attached hydrogen (secondary N) is 1. The summed E-state index contributed by atoms with van der Waals surface area (Å²) in [5.41, 5.74) is 0. The van der Waals surface area contributed by atoms with Crippen LogP contribution in [0, 0.1) is 5.92 Å². The minimum absolute atomic E-state index is 0.126. The van der Waals surface area contributed by atoms with Crippen molar-refractivity contribution in [2.24, 2.45) is 5.92 Å². The zero-order valence-corrected chi connectivity index (χ0v) is 12.8. The summed E-state index contributed by atoms with van der Waals surface area (Å²) in [4.78, 5) is 14.2. The van der Waals surface area contributed by atoms with Crippen molar-refractivity contribution in [3.8, 4) is 0 Å². The second-order valence-corrected chi connectivity index (χ2v) is 5.48. The van der Waals surface area contributed by atoms with E-state index < -0.39 is 0 Å². The van der Waals surface area contributed by atoms with Gasteiger partial charge in [-0.25, -0.2) is 0 Å². The molecule has 0 spiro atoms. The van der Waals surface area contributed by atoms with Crippen molar-refractivity contribution in [2.75, 3.05) is 33.3 Å². The van der Waals surface area contributed by atoms with Crippen molar-refractivity contribution in [3.63, 3.8) is 0 Å². The van der Waals surface area contributed by atoms with Gasteiger partial charge in [0.1, 0.15) is 6.04 Å². The number of carbonyl (C=O) groups excluding carboxylic acids is 1. The summed E-state index contributed by atoms with van der Waals surface area (Å²) in [5.74, 6) is 0.755. The quantitative estimate of drug-likeness (QED) is 0.719. The highest BCUT2D eigenvalue weighted by atomic mass is 16.5. The number of hydrogen-bond donors (Lipinski definition) is 1. The lowest BCUT2D eigenvalue weighted by Crippen LogP contribution is -2.45. The van der Waals surface area contributed by atoms with E-state index in [-0.39, 0.29) is 12.0 Å². The number of nitrogens with zero attached hydrogens (tertiary/aromatic N) is 1. The Morgan fingerprint density at radius 1 is 1.37 bits per heavy atom. The van der Waals surface area contributed by atoms with Gasteiger partial charge in [0, 0.05) is 6.54 Å². The fourth-order valence-corrected chi connectivity index (χ4v) is 2.89. The predicted octanol–water partition coefficient (Wildman–Crippen LogP) is 2.04. The fraction of sp³-hybridized carbons (Fsp3) is 0.933. The van der Waals surface area contributed by atoms with Crippen LogP contribution in [0.3, 0.4) is 0 Å². The lowest BCUT2D eigenvalue weighted by molar-refractivity contribution is -0.146. The van der Waals surface area contributed by atoms with Gasteiger partial charge in [-0.05, 0) is 52.2 Å². The molecule has 1 aliphatic heterocycles. The third kappa shape index (κ3) is 5.91. The van der Waals surface area contributed by atoms with Gasteiger partial charge < -0.3 is 15.0 Å². The number of hydrogen-bond acceptors (Lipinski definition) is 4. The molecule has 112 valence electrons. The third-order valence-corrected chi connectivity index (χ3v) is 4.00. The topological polar surface area (TPSA) is 41.6 Å². The maximum atomic E-state index is 11.8. The summed E-state index contributed by atoms with van der Waals surface area (Å²) in [5, 5.41) is 3.07. The molecule has 2 atom stereocenters. The first-order chi connectivity index (χ1) is 9.21. The van der Waals surface area contributed by atoms with Crippen LogP contribution < -0.4 is 5.32 Å². The molecule has 0 bridgehead atoms. The Morgan fingerprint density at radius 2 is 2.16 bits per heavy atom. The SMILES string of the molecule is CCCC1CCCN(CC(NC)C(=O)OCC)CC1. The third-order valence-electron chi connectivity index (χ3n) is 4.00. The van der Waals surface area contributed by atoms with E-state index >= 15 is 0 Å². The smallest absolute Gasteiger partial charge is 0.324 e. The summed E-state index contributed by atoms with van der Waals surface area (Å²) in [6, 6.07) is -0.192. The van der Waals surface area contributed by atoms with Gasteiger partial charge in [-0.2, -0.15) is 0 Å². The molecule has 19 heavy (non-hydrogen) atoms. The van der Waals surface area contributed by atoms with Crippen LogP contribution >= 0.6 is 0 Å². The zero-order valence-electron chi connectivity index (χ0n) is 12.8. The molecule has 1 heterocycles. The van der Waals surface area contributed by atoms with Crippen molar-refractivity contribution < 1.29 is 9.53 Å². The van der Waals surface area contributed by atoms with Gasteiger partial charge in [0.05, 0.1) is 6.61 Å². The molecular weight excluding hydrogens is 240 g/mol. The molecule has 0 aliphatic carbocycles. The van der Waals surface area contributed by atoms with E-state index in [0.717, 1.165) is 25.6 Å². The van der Waals surface area contributed by atoms with Gasteiger partial charge in [0.2, 0.25) is 0 Å². The van der Waals surface area contributed by atoms with E-state index in [1.54, 1.807) is 0 Å². The van der Waals surface area contributed by atoms with Crippen LogP contribution in [-0.4, -0.2) is 50.2 Å². The van der Waals surface area contributed by atoms with Crippen molar-refractivity contribution in [1.82, 2.24) is 10.2 Å². The largest absolute Gasteiger partial charge is 0.465 e. The monoisotopic (exact) mass is 270 g/mol. The first-order valence-corrected chi connectivity index (χ1v) is 7.77. The van der Waals surface area contributed by atoms with Crippen molar-refractivity contribution in [2.45, 2.75) is 52.0 Å². The molecule has 0 radical (unpaired) electrons. The average Bonchev–Trinajstić information content (AvgIpc) is 2.62. The second kappa shape index (κ2) is 9.32. The van der Waals surface area contributed by atoms with Crippen LogP contribution in [0.4, 0.5) is 0 Å². The lowest BCUT2D eigenvalue weighted by atomic mass is 9.96. The molecule has 0 aromatic heterocycles. The standard InChI is InChI=1S/C15H30N2O2/c1-4-7-13-8-6-10-17(11-9-13)12-14(16-3)15(18)19-5-2/h13-14,16H,4-12H2,1-3H3. The number of likely N-dealkylation sites (tertiary alicyclic amines) is 1. The van der Waals surface area contributed by atoms with Crippen molar-refractivity contribution in [3.05, 3.63) is 0 Å². The Balaban J connectivity index is 2.40. The van der Waals surface area contributed by atoms with Gasteiger partial charge in [0.25, 0.3) is 0 Å². The summed E-state index contributed by atoms with van der Waals surface area (Å²) < 4.78 is 5.10. The molecular formula is C15H30N2O2. The number of likely N-dealkylation sites (N-methyl/N-ethyl adjacent to an activating group) is 1. The minimum Gasteiger partial charge on any atom is -0.465 e. The van der Waals surface area contributed by atoms with E-state index in [9.17, 15) is 4.79 Å². The second-order valence-electron chi connectivity index (χ2n) is 5.48. The molecule has 4 heteroatoms. The first kappa shape index (κ1) is 16.4. The summed E-state index contributed by atoms with van der Waals surface area (Å²) in [7, 11) is 1.83. The van der Waals surface area contributed by atoms with E-state index in [4.69, 9.17) is 4.74 Å². The molecule has 2 unspecified atom stereocenters. The lowest BCUT2D eigenvalue weighted by Gasteiger charge is -2.25. The molecule has 0 aromatic rings. The van der Waals surface area contributed by atoms with E-state index in [1.807, 2.05) is 14.0 Å². The van der Waals surface area contributed by atoms with Gasteiger partial charge >= 0.3 is 5.97 Å². The molecule has 1 aliphatic rings. The van der Waals surface area contributed by atoms with Crippen LogP contribution in [0.5, 0.6) is 0 Å². The van der Waals surface area contributed by atoms with E-state index in [1.165, 1.54) is 32.1 Å². The van der Waals surface area contributed by atoms with Crippen LogP contribution in [0.2, 0.25) is 0 Å². The average molecular weight is 270 g/mol. The van der Waals surface area contributed by atoms with E-state index in [2.05, 4.69) is 17.1 Å². The van der Waals surface area contributed by atoms with Crippen LogP contribution in [-0.2, 0) is 9.53 Å². The Kier molecular flexibility index (Phi) is 8.07. The van der Waals surface area contributed by atoms with Gasteiger partial charge in [-0.1, -0.05) is 19.8 Å². The molecule has 1 fully saturated rings. The maximum absolute atomic E-state index is 11.8. The molecule has 1 rings (SSSR count). The molecule has 0 aromatic carbocycles. The van der Waals surface area contributed by atoms with Crippen LogP contribution in [0.15, 0.2) is 0 Å². The van der Waals surface area contributed by atoms with Crippen LogP contribution in [0.1, 0.15) is 46.0 Å². The highest BCUT2D eigenvalue weighted by Crippen LogP contribution is 2.21. The number of esters is 1. The highest BCUT2D eigenvalue weighted by molar-refractivity contribution is 5.76.